The van der Waals surface area contributed by atoms with Crippen molar-refractivity contribution < 1.29 is 9.53 Å². The summed E-state index contributed by atoms with van der Waals surface area (Å²) < 4.78 is 5.26. The van der Waals surface area contributed by atoms with Crippen LogP contribution in [0.1, 0.15) is 28.4 Å². The van der Waals surface area contributed by atoms with E-state index < -0.39 is 0 Å². The number of benzene rings is 2. The monoisotopic (exact) mass is 333 g/mol. The fourth-order valence-electron chi connectivity index (χ4n) is 2.58. The molecule has 0 unspecified atom stereocenters. The van der Waals surface area contributed by atoms with Gasteiger partial charge in [-0.1, -0.05) is 23.7 Å². The van der Waals surface area contributed by atoms with E-state index >= 15 is 0 Å². The zero-order valence-corrected chi connectivity index (χ0v) is 13.7. The molecule has 0 bridgehead atoms. The second-order valence-corrected chi connectivity index (χ2v) is 6.62. The lowest BCUT2D eigenvalue weighted by Gasteiger charge is -2.26. The first kappa shape index (κ1) is 15.3. The Balaban J connectivity index is 1.85. The van der Waals surface area contributed by atoms with Gasteiger partial charge in [-0.3, -0.25) is 4.79 Å². The molecule has 0 radical (unpaired) electrons. The van der Waals surface area contributed by atoms with Crippen LogP contribution in [-0.2, 0) is 0 Å². The van der Waals surface area contributed by atoms with Crippen molar-refractivity contribution in [2.24, 2.45) is 0 Å². The van der Waals surface area contributed by atoms with Crippen LogP contribution in [0.15, 0.2) is 47.4 Å². The predicted molar refractivity (Wildman–Crippen MR) is 90.0 cm³/mol. The zero-order chi connectivity index (χ0) is 15.5. The summed E-state index contributed by atoms with van der Waals surface area (Å²) in [5, 5.41) is 3.79. The van der Waals surface area contributed by atoms with Crippen molar-refractivity contribution >= 4 is 29.3 Å². The molecule has 0 saturated heterocycles. The molecule has 0 aromatic heterocycles. The van der Waals surface area contributed by atoms with Crippen molar-refractivity contribution in [1.82, 2.24) is 5.32 Å². The molecule has 2 aromatic rings. The maximum absolute atomic E-state index is 12.6. The molecule has 114 valence electrons. The Morgan fingerprint density at radius 2 is 2.14 bits per heavy atom. The van der Waals surface area contributed by atoms with E-state index in [0.29, 0.717) is 16.3 Å². The van der Waals surface area contributed by atoms with Gasteiger partial charge in [-0.2, -0.15) is 0 Å². The number of fused-ring (bicyclic) bond motifs is 1. The summed E-state index contributed by atoms with van der Waals surface area (Å²) in [7, 11) is 1.57. The first-order chi connectivity index (χ1) is 10.7. The van der Waals surface area contributed by atoms with Gasteiger partial charge in [0.15, 0.2) is 0 Å². The van der Waals surface area contributed by atoms with Crippen molar-refractivity contribution in [3.8, 4) is 5.75 Å². The molecule has 1 atom stereocenters. The van der Waals surface area contributed by atoms with E-state index in [-0.39, 0.29) is 11.9 Å². The van der Waals surface area contributed by atoms with E-state index in [1.54, 1.807) is 31.0 Å². The van der Waals surface area contributed by atoms with Crippen molar-refractivity contribution in [3.05, 3.63) is 58.6 Å². The van der Waals surface area contributed by atoms with E-state index in [1.807, 2.05) is 30.3 Å². The number of nitrogens with one attached hydrogen (secondary N) is 1. The number of hydrogen-bond acceptors (Lipinski definition) is 3. The maximum atomic E-state index is 12.6. The summed E-state index contributed by atoms with van der Waals surface area (Å²) in [4.78, 5) is 13.7. The topological polar surface area (TPSA) is 38.3 Å². The minimum absolute atomic E-state index is 0.0210. The average molecular weight is 334 g/mol. The molecule has 1 aliphatic heterocycles. The summed E-state index contributed by atoms with van der Waals surface area (Å²) in [6, 6.07) is 13.1. The Morgan fingerprint density at radius 1 is 1.32 bits per heavy atom. The molecule has 1 amide bonds. The van der Waals surface area contributed by atoms with E-state index in [1.165, 1.54) is 4.90 Å². The van der Waals surface area contributed by atoms with Gasteiger partial charge in [0.25, 0.3) is 5.91 Å². The summed E-state index contributed by atoms with van der Waals surface area (Å²) in [6.07, 6.45) is 0.888. The molecular formula is C17H16ClNO2S. The SMILES string of the molecule is COc1ccccc1C(=O)N[C@@H]1CCSc2ccc(Cl)cc21. The molecule has 0 aliphatic carbocycles. The van der Waals surface area contributed by atoms with Gasteiger partial charge in [0.05, 0.1) is 18.7 Å². The lowest BCUT2D eigenvalue weighted by Crippen LogP contribution is -2.30. The van der Waals surface area contributed by atoms with Gasteiger partial charge in [-0.25, -0.2) is 0 Å². The highest BCUT2D eigenvalue weighted by atomic mass is 35.5. The van der Waals surface area contributed by atoms with Crippen molar-refractivity contribution in [2.45, 2.75) is 17.4 Å². The van der Waals surface area contributed by atoms with E-state index in [0.717, 1.165) is 17.7 Å². The molecule has 1 heterocycles. The minimum Gasteiger partial charge on any atom is -0.496 e. The van der Waals surface area contributed by atoms with Gasteiger partial charge < -0.3 is 10.1 Å². The third-order valence-electron chi connectivity index (χ3n) is 3.67. The lowest BCUT2D eigenvalue weighted by molar-refractivity contribution is 0.0932. The molecule has 3 rings (SSSR count). The van der Waals surface area contributed by atoms with Gasteiger partial charge in [0.2, 0.25) is 0 Å². The first-order valence-corrected chi connectivity index (χ1v) is 8.41. The maximum Gasteiger partial charge on any atom is 0.255 e. The van der Waals surface area contributed by atoms with E-state index in [9.17, 15) is 4.79 Å². The minimum atomic E-state index is -0.125. The number of hydrogen-bond donors (Lipinski definition) is 1. The standard InChI is InChI=1S/C17H16ClNO2S/c1-21-15-5-3-2-4-12(15)17(20)19-14-8-9-22-16-7-6-11(18)10-13(14)16/h2-7,10,14H,8-9H2,1H3,(H,19,20)/t14-/m1/s1. The van der Waals surface area contributed by atoms with E-state index in [4.69, 9.17) is 16.3 Å². The van der Waals surface area contributed by atoms with Crippen LogP contribution in [0.4, 0.5) is 0 Å². The first-order valence-electron chi connectivity index (χ1n) is 7.05. The van der Waals surface area contributed by atoms with Gasteiger partial charge in [0.1, 0.15) is 5.75 Å². The highest BCUT2D eigenvalue weighted by Crippen LogP contribution is 2.37. The van der Waals surface area contributed by atoms with Crippen LogP contribution in [0.2, 0.25) is 5.02 Å². The molecule has 5 heteroatoms. The molecular weight excluding hydrogens is 318 g/mol. The summed E-state index contributed by atoms with van der Waals surface area (Å²) in [5.41, 5.74) is 1.64. The predicted octanol–water partition coefficient (Wildman–Crippen LogP) is 4.32. The summed E-state index contributed by atoms with van der Waals surface area (Å²) in [6.45, 7) is 0. The number of halogens is 1. The molecule has 1 N–H and O–H groups in total. The molecule has 22 heavy (non-hydrogen) atoms. The number of thioether (sulfide) groups is 1. The Labute approximate surface area is 139 Å². The normalized spacial score (nSPS) is 16.7. The Bertz CT molecular complexity index is 705. The molecule has 0 fully saturated rings. The fourth-order valence-corrected chi connectivity index (χ4v) is 3.87. The number of para-hydroxylation sites is 1. The van der Waals surface area contributed by atoms with Crippen LogP contribution in [-0.4, -0.2) is 18.8 Å². The van der Waals surface area contributed by atoms with E-state index in [2.05, 4.69) is 5.32 Å². The van der Waals surface area contributed by atoms with Crippen molar-refractivity contribution in [3.63, 3.8) is 0 Å². The van der Waals surface area contributed by atoms with Crippen LogP contribution in [0.25, 0.3) is 0 Å². The highest BCUT2D eigenvalue weighted by Gasteiger charge is 2.24. The van der Waals surface area contributed by atoms with Gasteiger partial charge >= 0.3 is 0 Å². The summed E-state index contributed by atoms with van der Waals surface area (Å²) >= 11 is 7.90. The Morgan fingerprint density at radius 3 is 2.95 bits per heavy atom. The summed E-state index contributed by atoms with van der Waals surface area (Å²) in [5.74, 6) is 1.43. The molecule has 0 spiro atoms. The van der Waals surface area contributed by atoms with Crippen molar-refractivity contribution in [1.29, 1.82) is 0 Å². The third kappa shape index (κ3) is 3.08. The molecule has 3 nitrogen and oxygen atoms in total. The Kier molecular flexibility index (Phi) is 4.60. The highest BCUT2D eigenvalue weighted by molar-refractivity contribution is 7.99. The van der Waals surface area contributed by atoms with Crippen LogP contribution in [0.3, 0.4) is 0 Å². The smallest absolute Gasteiger partial charge is 0.255 e. The number of carbonyl (C=O) groups is 1. The average Bonchev–Trinajstić information content (AvgIpc) is 2.55. The van der Waals surface area contributed by atoms with Crippen LogP contribution in [0.5, 0.6) is 5.75 Å². The number of amides is 1. The molecule has 1 aliphatic rings. The van der Waals surface area contributed by atoms with Crippen LogP contribution >= 0.6 is 23.4 Å². The number of ether oxygens (including phenoxy) is 1. The Hall–Kier alpha value is -1.65. The third-order valence-corrected chi connectivity index (χ3v) is 5.03. The zero-order valence-electron chi connectivity index (χ0n) is 12.1. The number of carbonyl (C=O) groups excluding carboxylic acids is 1. The van der Waals surface area contributed by atoms with Crippen LogP contribution in [0, 0.1) is 0 Å². The second-order valence-electron chi connectivity index (χ2n) is 5.05. The second kappa shape index (κ2) is 6.63. The lowest BCUT2D eigenvalue weighted by atomic mass is 10.0. The van der Waals surface area contributed by atoms with Gasteiger partial charge in [-0.05, 0) is 42.3 Å². The van der Waals surface area contributed by atoms with Gasteiger partial charge in [0, 0.05) is 15.7 Å². The fraction of sp³-hybridized carbons (Fsp3) is 0.235. The van der Waals surface area contributed by atoms with Gasteiger partial charge in [-0.15, -0.1) is 11.8 Å². The largest absolute Gasteiger partial charge is 0.496 e. The van der Waals surface area contributed by atoms with Crippen LogP contribution < -0.4 is 10.1 Å². The number of rotatable bonds is 3. The molecule has 2 aromatic carbocycles. The van der Waals surface area contributed by atoms with Crippen molar-refractivity contribution in [2.75, 3.05) is 12.9 Å². The quantitative estimate of drug-likeness (QED) is 0.909. The molecule has 0 saturated carbocycles. The number of methoxy groups -OCH3 is 1.